The molecule has 1 aliphatic rings. The molecule has 1 unspecified atom stereocenters. The van der Waals surface area contributed by atoms with Gasteiger partial charge in [0.25, 0.3) is 0 Å². The van der Waals surface area contributed by atoms with E-state index in [-0.39, 0.29) is 0 Å². The number of hydrogen-bond donors (Lipinski definition) is 0. The lowest BCUT2D eigenvalue weighted by Gasteiger charge is -2.40. The standard InChI is InChI=1S/C15H16F6O9S2/c1-26-13-12(30-32(24,25)15(19,20)21)11(27-7-9-5-3-2-4-6-9)10(8-28-13)29-31(22,23)14(16,17)18/h2-6,10-13H,7-8H2,1H3/t10-,11-,12-,13?/m1/s1. The van der Waals surface area contributed by atoms with E-state index >= 15 is 0 Å². The highest BCUT2D eigenvalue weighted by molar-refractivity contribution is 7.87. The zero-order chi connectivity index (χ0) is 24.4. The van der Waals surface area contributed by atoms with Crippen LogP contribution in [0.15, 0.2) is 30.3 Å². The molecule has 0 aromatic heterocycles. The first-order valence-electron chi connectivity index (χ1n) is 8.38. The largest absolute Gasteiger partial charge is 0.523 e. The van der Waals surface area contributed by atoms with Crippen LogP contribution in [0.3, 0.4) is 0 Å². The van der Waals surface area contributed by atoms with Crippen molar-refractivity contribution in [2.24, 2.45) is 0 Å². The maximum absolute atomic E-state index is 12.8. The Labute approximate surface area is 178 Å². The lowest BCUT2D eigenvalue weighted by atomic mass is 10.1. The normalized spacial score (nSPS) is 25.6. The minimum atomic E-state index is -6.32. The first-order chi connectivity index (χ1) is 14.6. The van der Waals surface area contributed by atoms with E-state index in [2.05, 4.69) is 8.37 Å². The molecule has 0 aliphatic carbocycles. The number of ether oxygens (including phenoxy) is 3. The first kappa shape index (κ1) is 26.7. The zero-order valence-corrected chi connectivity index (χ0v) is 17.5. The Morgan fingerprint density at radius 1 is 0.906 bits per heavy atom. The van der Waals surface area contributed by atoms with E-state index in [9.17, 15) is 43.2 Å². The van der Waals surface area contributed by atoms with Crippen LogP contribution in [0.2, 0.25) is 0 Å². The third-order valence-electron chi connectivity index (χ3n) is 3.96. The molecular formula is C15H16F6O9S2. The van der Waals surface area contributed by atoms with Crippen LogP contribution in [0.5, 0.6) is 0 Å². The molecule has 4 atom stereocenters. The highest BCUT2D eigenvalue weighted by Crippen LogP contribution is 2.34. The molecule has 1 aliphatic heterocycles. The summed E-state index contributed by atoms with van der Waals surface area (Å²) in [4.78, 5) is 0. The van der Waals surface area contributed by atoms with Gasteiger partial charge in [-0.05, 0) is 5.56 Å². The van der Waals surface area contributed by atoms with Gasteiger partial charge in [0.1, 0.15) is 12.2 Å². The summed E-state index contributed by atoms with van der Waals surface area (Å²) in [6, 6.07) is 7.60. The maximum atomic E-state index is 12.8. The van der Waals surface area contributed by atoms with Gasteiger partial charge in [-0.2, -0.15) is 43.2 Å². The van der Waals surface area contributed by atoms with E-state index in [4.69, 9.17) is 14.2 Å². The van der Waals surface area contributed by atoms with Crippen LogP contribution in [0.4, 0.5) is 26.3 Å². The van der Waals surface area contributed by atoms with E-state index in [0.717, 1.165) is 7.11 Å². The van der Waals surface area contributed by atoms with Crippen molar-refractivity contribution in [3.8, 4) is 0 Å². The van der Waals surface area contributed by atoms with Crippen molar-refractivity contribution >= 4 is 20.2 Å². The van der Waals surface area contributed by atoms with Crippen LogP contribution >= 0.6 is 0 Å². The van der Waals surface area contributed by atoms with Crippen molar-refractivity contribution in [1.82, 2.24) is 0 Å². The predicted octanol–water partition coefficient (Wildman–Crippen LogP) is 2.04. The molecule has 0 saturated carbocycles. The Morgan fingerprint density at radius 2 is 1.44 bits per heavy atom. The summed E-state index contributed by atoms with van der Waals surface area (Å²) in [5.41, 5.74) is -11.4. The fourth-order valence-electron chi connectivity index (χ4n) is 2.52. The molecular weight excluding hydrogens is 502 g/mol. The van der Waals surface area contributed by atoms with Crippen molar-refractivity contribution in [2.45, 2.75) is 42.2 Å². The summed E-state index contributed by atoms with van der Waals surface area (Å²) in [7, 11) is -11.7. The number of rotatable bonds is 8. The van der Waals surface area contributed by atoms with Crippen LogP contribution < -0.4 is 0 Å². The molecule has 1 aromatic carbocycles. The van der Waals surface area contributed by atoms with Gasteiger partial charge in [0.05, 0.1) is 13.2 Å². The van der Waals surface area contributed by atoms with Crippen LogP contribution in [0, 0.1) is 0 Å². The number of alkyl halides is 6. The van der Waals surface area contributed by atoms with Crippen molar-refractivity contribution < 1.29 is 65.8 Å². The van der Waals surface area contributed by atoms with Gasteiger partial charge in [0.2, 0.25) is 0 Å². The summed E-state index contributed by atoms with van der Waals surface area (Å²) < 4.78 is 145. The summed E-state index contributed by atoms with van der Waals surface area (Å²) in [6.07, 6.45) is -8.60. The topological polar surface area (TPSA) is 114 Å². The van der Waals surface area contributed by atoms with Gasteiger partial charge >= 0.3 is 31.3 Å². The van der Waals surface area contributed by atoms with Gasteiger partial charge in [0.15, 0.2) is 12.4 Å². The van der Waals surface area contributed by atoms with E-state index < -0.39 is 69.1 Å². The third kappa shape index (κ3) is 6.30. The Bertz CT molecular complexity index is 963. The molecule has 1 saturated heterocycles. The molecule has 0 N–H and O–H groups in total. The molecule has 2 rings (SSSR count). The van der Waals surface area contributed by atoms with Gasteiger partial charge in [-0.15, -0.1) is 0 Å². The van der Waals surface area contributed by atoms with Gasteiger partial charge in [-0.25, -0.2) is 0 Å². The quantitative estimate of drug-likeness (QED) is 0.290. The molecule has 32 heavy (non-hydrogen) atoms. The number of benzene rings is 1. The molecule has 17 heteroatoms. The third-order valence-corrected chi connectivity index (χ3v) is 6.07. The van der Waals surface area contributed by atoms with Crippen LogP contribution in [0.25, 0.3) is 0 Å². The highest BCUT2D eigenvalue weighted by Gasteiger charge is 2.56. The fourth-order valence-corrected chi connectivity index (χ4v) is 3.72. The van der Waals surface area contributed by atoms with Crippen LogP contribution in [-0.4, -0.2) is 66.2 Å². The minimum Gasteiger partial charge on any atom is -0.368 e. The molecule has 1 heterocycles. The maximum Gasteiger partial charge on any atom is 0.523 e. The van der Waals surface area contributed by atoms with Gasteiger partial charge in [0, 0.05) is 7.11 Å². The first-order valence-corrected chi connectivity index (χ1v) is 11.2. The second-order valence-electron chi connectivity index (χ2n) is 6.19. The lowest BCUT2D eigenvalue weighted by Crippen LogP contribution is -2.58. The van der Waals surface area contributed by atoms with E-state index in [1.165, 1.54) is 24.3 Å². The van der Waals surface area contributed by atoms with E-state index in [1.54, 1.807) is 6.07 Å². The van der Waals surface area contributed by atoms with Crippen LogP contribution in [0.1, 0.15) is 5.56 Å². The number of hydrogen-bond acceptors (Lipinski definition) is 9. The summed E-state index contributed by atoms with van der Waals surface area (Å²) in [5, 5.41) is 0. The average molecular weight is 518 g/mol. The molecule has 1 aromatic rings. The Balaban J connectivity index is 2.41. The highest BCUT2D eigenvalue weighted by atomic mass is 32.2. The summed E-state index contributed by atoms with van der Waals surface area (Å²) in [6.45, 7) is -1.46. The number of halogens is 6. The summed E-state index contributed by atoms with van der Waals surface area (Å²) >= 11 is 0. The average Bonchev–Trinajstić information content (AvgIpc) is 2.66. The molecule has 0 radical (unpaired) electrons. The second kappa shape index (κ2) is 9.78. The Kier molecular flexibility index (Phi) is 8.17. The van der Waals surface area contributed by atoms with E-state index in [0.29, 0.717) is 5.56 Å². The Hall–Kier alpha value is -1.50. The lowest BCUT2D eigenvalue weighted by molar-refractivity contribution is -0.263. The monoisotopic (exact) mass is 518 g/mol. The van der Waals surface area contributed by atoms with Crippen LogP contribution in [-0.2, 0) is 49.4 Å². The van der Waals surface area contributed by atoms with Crippen molar-refractivity contribution in [2.75, 3.05) is 13.7 Å². The predicted molar refractivity (Wildman–Crippen MR) is 91.5 cm³/mol. The SMILES string of the molecule is COC1OC[C@@H](OS(=O)(=O)C(F)(F)F)[C@@H](OCc2ccccc2)[C@H]1OS(=O)(=O)C(F)(F)F. The molecule has 0 amide bonds. The molecule has 1 fully saturated rings. The molecule has 0 spiro atoms. The van der Waals surface area contributed by atoms with Gasteiger partial charge in [-0.3, -0.25) is 8.37 Å². The molecule has 9 nitrogen and oxygen atoms in total. The van der Waals surface area contributed by atoms with Gasteiger partial charge in [-0.1, -0.05) is 30.3 Å². The second-order valence-corrected chi connectivity index (χ2v) is 9.32. The van der Waals surface area contributed by atoms with Crippen molar-refractivity contribution in [3.63, 3.8) is 0 Å². The van der Waals surface area contributed by atoms with Crippen molar-refractivity contribution in [1.29, 1.82) is 0 Å². The smallest absolute Gasteiger partial charge is 0.368 e. The zero-order valence-electron chi connectivity index (χ0n) is 15.9. The molecule has 0 bridgehead atoms. The summed E-state index contributed by atoms with van der Waals surface area (Å²) in [5.74, 6) is 0. The Morgan fingerprint density at radius 3 is 1.94 bits per heavy atom. The van der Waals surface area contributed by atoms with Crippen molar-refractivity contribution in [3.05, 3.63) is 35.9 Å². The number of methoxy groups -OCH3 is 1. The van der Waals surface area contributed by atoms with E-state index in [1.807, 2.05) is 0 Å². The van der Waals surface area contributed by atoms with Gasteiger partial charge < -0.3 is 14.2 Å². The molecule has 184 valence electrons. The minimum absolute atomic E-state index is 0.364. The fraction of sp³-hybridized carbons (Fsp3) is 0.600.